The Labute approximate surface area is 189 Å². The maximum atomic E-state index is 12.9. The lowest BCUT2D eigenvalue weighted by atomic mass is 9.97. The average molecular weight is 474 g/mol. The second-order valence-corrected chi connectivity index (χ2v) is 10.4. The van der Waals surface area contributed by atoms with E-state index < -0.39 is 15.9 Å². The predicted molar refractivity (Wildman–Crippen MR) is 122 cm³/mol. The Morgan fingerprint density at radius 2 is 1.88 bits per heavy atom. The van der Waals surface area contributed by atoms with Gasteiger partial charge in [0, 0.05) is 43.2 Å². The van der Waals surface area contributed by atoms with E-state index in [1.807, 2.05) is 35.7 Å². The monoisotopic (exact) mass is 473 g/mol. The third-order valence-corrected chi connectivity index (χ3v) is 8.12. The van der Waals surface area contributed by atoms with E-state index in [0.717, 1.165) is 11.3 Å². The van der Waals surface area contributed by atoms with Gasteiger partial charge in [-0.1, -0.05) is 30.3 Å². The molecule has 3 heterocycles. The van der Waals surface area contributed by atoms with Crippen molar-refractivity contribution >= 4 is 38.3 Å². The predicted octanol–water partition coefficient (Wildman–Crippen LogP) is 2.29. The summed E-state index contributed by atoms with van der Waals surface area (Å²) < 4.78 is 28.6. The van der Waals surface area contributed by atoms with Crippen molar-refractivity contribution in [2.75, 3.05) is 18.4 Å². The fraction of sp³-hybridized carbons (Fsp3) is 0.286. The molecule has 11 heteroatoms. The average Bonchev–Trinajstić information content (AvgIpc) is 3.41. The smallest absolute Gasteiger partial charge is 0.265 e. The molecule has 0 bridgehead atoms. The van der Waals surface area contributed by atoms with Gasteiger partial charge in [0.1, 0.15) is 10.6 Å². The topological polar surface area (TPSA) is 127 Å². The number of aromatic nitrogens is 2. The van der Waals surface area contributed by atoms with Crippen LogP contribution in [0.15, 0.2) is 52.9 Å². The van der Waals surface area contributed by atoms with Gasteiger partial charge in [-0.25, -0.2) is 13.4 Å². The Bertz CT molecular complexity index is 1240. The van der Waals surface area contributed by atoms with Crippen LogP contribution in [0.2, 0.25) is 0 Å². The van der Waals surface area contributed by atoms with Crippen LogP contribution in [-0.2, 0) is 21.9 Å². The van der Waals surface area contributed by atoms with E-state index in [-0.39, 0.29) is 35.5 Å². The van der Waals surface area contributed by atoms with Crippen molar-refractivity contribution in [1.29, 1.82) is 0 Å². The maximum Gasteiger partial charge on any atom is 0.265 e. The van der Waals surface area contributed by atoms with Crippen LogP contribution in [0, 0.1) is 5.92 Å². The Kier molecular flexibility index (Phi) is 6.13. The molecule has 1 saturated heterocycles. The van der Waals surface area contributed by atoms with Gasteiger partial charge in [0.05, 0.1) is 5.69 Å². The molecule has 0 radical (unpaired) electrons. The van der Waals surface area contributed by atoms with Crippen LogP contribution >= 0.6 is 11.3 Å². The maximum absolute atomic E-state index is 12.9. The molecule has 2 amide bonds. The number of nitrogens with one attached hydrogen (secondary N) is 1. The lowest BCUT2D eigenvalue weighted by Gasteiger charge is -2.30. The molecular weight excluding hydrogens is 450 g/mol. The second-order valence-electron chi connectivity index (χ2n) is 7.61. The molecule has 3 aromatic rings. The SMILES string of the molecule is Cn1cc(S(=O)(=O)N2CCC(C(=O)Nc3nc(-c4ccccc4)cs3)CC2)cc1C(N)=O. The molecule has 3 N–H and O–H groups in total. The minimum Gasteiger partial charge on any atom is -0.364 e. The van der Waals surface area contributed by atoms with Crippen LogP contribution in [0.25, 0.3) is 11.3 Å². The van der Waals surface area contributed by atoms with Crippen molar-refractivity contribution < 1.29 is 18.0 Å². The van der Waals surface area contributed by atoms with E-state index in [9.17, 15) is 18.0 Å². The molecule has 32 heavy (non-hydrogen) atoms. The number of nitrogens with zero attached hydrogens (tertiary/aromatic N) is 3. The highest BCUT2D eigenvalue weighted by molar-refractivity contribution is 7.89. The van der Waals surface area contributed by atoms with Gasteiger partial charge >= 0.3 is 0 Å². The largest absolute Gasteiger partial charge is 0.364 e. The standard InChI is InChI=1S/C21H23N5O4S2/c1-25-12-16(11-18(25)19(22)27)32(29,30)26-9-7-15(8-10-26)20(28)24-21-23-17(13-31-21)14-5-3-2-4-6-14/h2-6,11-13,15H,7-10H2,1H3,(H2,22,27)(H,23,24,28). The Morgan fingerprint density at radius 1 is 1.19 bits per heavy atom. The van der Waals surface area contributed by atoms with Crippen LogP contribution < -0.4 is 11.1 Å². The number of piperidine rings is 1. The molecule has 168 valence electrons. The summed E-state index contributed by atoms with van der Waals surface area (Å²) in [5.74, 6) is -1.16. The van der Waals surface area contributed by atoms with Gasteiger partial charge in [-0.3, -0.25) is 9.59 Å². The van der Waals surface area contributed by atoms with E-state index in [4.69, 9.17) is 5.73 Å². The van der Waals surface area contributed by atoms with Crippen LogP contribution in [0.5, 0.6) is 0 Å². The number of aryl methyl sites for hydroxylation is 1. The van der Waals surface area contributed by atoms with Gasteiger partial charge in [0.15, 0.2) is 5.13 Å². The van der Waals surface area contributed by atoms with Crippen molar-refractivity contribution in [1.82, 2.24) is 13.9 Å². The van der Waals surface area contributed by atoms with Gasteiger partial charge < -0.3 is 15.6 Å². The fourth-order valence-corrected chi connectivity index (χ4v) is 5.97. The van der Waals surface area contributed by atoms with Crippen LogP contribution in [0.4, 0.5) is 5.13 Å². The first-order chi connectivity index (χ1) is 15.3. The summed E-state index contributed by atoms with van der Waals surface area (Å²) in [6, 6.07) is 11.0. The highest BCUT2D eigenvalue weighted by Crippen LogP contribution is 2.28. The Morgan fingerprint density at radius 3 is 2.50 bits per heavy atom. The number of sulfonamides is 1. The molecule has 0 saturated carbocycles. The van der Waals surface area contributed by atoms with Gasteiger partial charge in [0.2, 0.25) is 15.9 Å². The third kappa shape index (κ3) is 4.45. The van der Waals surface area contributed by atoms with Gasteiger partial charge in [-0.05, 0) is 18.9 Å². The van der Waals surface area contributed by atoms with Crippen molar-refractivity contribution in [3.8, 4) is 11.3 Å². The minimum absolute atomic E-state index is 0.0212. The summed E-state index contributed by atoms with van der Waals surface area (Å²) in [6.07, 6.45) is 2.18. The number of carbonyl (C=O) groups excluding carboxylic acids is 2. The summed E-state index contributed by atoms with van der Waals surface area (Å²) in [5, 5.41) is 5.27. The first-order valence-corrected chi connectivity index (χ1v) is 12.4. The number of hydrogen-bond donors (Lipinski definition) is 2. The second kappa shape index (κ2) is 8.85. The normalized spacial score (nSPS) is 15.5. The minimum atomic E-state index is -3.77. The molecule has 2 aromatic heterocycles. The lowest BCUT2D eigenvalue weighted by molar-refractivity contribution is -0.120. The zero-order chi connectivity index (χ0) is 22.9. The lowest BCUT2D eigenvalue weighted by Crippen LogP contribution is -2.41. The molecular formula is C21H23N5O4S2. The molecule has 0 atom stereocenters. The van der Waals surface area contributed by atoms with Crippen molar-refractivity contribution in [2.24, 2.45) is 18.7 Å². The van der Waals surface area contributed by atoms with E-state index in [1.54, 1.807) is 7.05 Å². The third-order valence-electron chi connectivity index (χ3n) is 5.50. The van der Waals surface area contributed by atoms with Crippen LogP contribution in [-0.4, -0.2) is 47.2 Å². The molecule has 4 rings (SSSR count). The van der Waals surface area contributed by atoms with Gasteiger partial charge in [-0.2, -0.15) is 4.31 Å². The van der Waals surface area contributed by atoms with E-state index >= 15 is 0 Å². The van der Waals surface area contributed by atoms with E-state index in [1.165, 1.54) is 32.5 Å². The number of primary amides is 1. The number of nitrogens with two attached hydrogens (primary N) is 1. The molecule has 1 aromatic carbocycles. The van der Waals surface area contributed by atoms with E-state index in [0.29, 0.717) is 18.0 Å². The van der Waals surface area contributed by atoms with E-state index in [2.05, 4.69) is 10.3 Å². The Balaban J connectivity index is 1.37. The molecule has 1 aliphatic rings. The quantitative estimate of drug-likeness (QED) is 0.568. The zero-order valence-electron chi connectivity index (χ0n) is 17.4. The molecule has 0 unspecified atom stereocenters. The van der Waals surface area contributed by atoms with Gasteiger partial charge in [-0.15, -0.1) is 11.3 Å². The summed E-state index contributed by atoms with van der Waals surface area (Å²) in [4.78, 5) is 28.6. The first-order valence-electron chi connectivity index (χ1n) is 10.0. The van der Waals surface area contributed by atoms with Gasteiger partial charge in [0.25, 0.3) is 5.91 Å². The molecule has 1 aliphatic heterocycles. The Hall–Kier alpha value is -3.02. The number of rotatable bonds is 6. The molecule has 0 aliphatic carbocycles. The first kappa shape index (κ1) is 22.2. The summed E-state index contributed by atoms with van der Waals surface area (Å²) >= 11 is 1.36. The van der Waals surface area contributed by atoms with Crippen molar-refractivity contribution in [3.05, 3.63) is 53.7 Å². The highest BCUT2D eigenvalue weighted by atomic mass is 32.2. The molecule has 0 spiro atoms. The van der Waals surface area contributed by atoms with Crippen molar-refractivity contribution in [3.63, 3.8) is 0 Å². The number of benzene rings is 1. The molecule has 1 fully saturated rings. The summed E-state index contributed by atoms with van der Waals surface area (Å²) in [5.41, 5.74) is 7.17. The number of carbonyl (C=O) groups is 2. The van der Waals surface area contributed by atoms with Crippen molar-refractivity contribution in [2.45, 2.75) is 17.7 Å². The zero-order valence-corrected chi connectivity index (χ0v) is 19.0. The van der Waals surface area contributed by atoms with Crippen LogP contribution in [0.1, 0.15) is 23.3 Å². The summed E-state index contributed by atoms with van der Waals surface area (Å²) in [6.45, 7) is 0.433. The number of amides is 2. The number of hydrogen-bond acceptors (Lipinski definition) is 6. The number of anilines is 1. The highest BCUT2D eigenvalue weighted by Gasteiger charge is 2.33. The van der Waals surface area contributed by atoms with Crippen LogP contribution in [0.3, 0.4) is 0 Å². The number of thiazole rings is 1. The molecule has 9 nitrogen and oxygen atoms in total. The fourth-order valence-electron chi connectivity index (χ4n) is 3.71. The summed E-state index contributed by atoms with van der Waals surface area (Å²) in [7, 11) is -2.20.